The Kier molecular flexibility index (Phi) is 5.69. The molecule has 0 aliphatic carbocycles. The third kappa shape index (κ3) is 4.70. The molecule has 1 saturated heterocycles. The lowest BCUT2D eigenvalue weighted by atomic mass is 9.88. The Hall–Kier alpha value is -2.96. The molecule has 1 N–H and O–H groups in total. The number of fused-ring (bicyclic) bond motifs is 1. The fraction of sp³-hybridized carbons (Fsp3) is 0.458. The van der Waals surface area contributed by atoms with Crippen molar-refractivity contribution in [2.75, 3.05) is 18.4 Å². The van der Waals surface area contributed by atoms with Gasteiger partial charge in [0, 0.05) is 25.1 Å². The van der Waals surface area contributed by atoms with E-state index >= 15 is 0 Å². The average molecular weight is 425 g/mol. The van der Waals surface area contributed by atoms with Gasteiger partial charge in [0.25, 0.3) is 0 Å². The van der Waals surface area contributed by atoms with Crippen molar-refractivity contribution in [1.29, 1.82) is 0 Å². The Balaban J connectivity index is 1.50. The van der Waals surface area contributed by atoms with Crippen molar-refractivity contribution < 1.29 is 13.6 Å². The normalized spacial score (nSPS) is 15.5. The van der Waals surface area contributed by atoms with E-state index in [4.69, 9.17) is 4.42 Å². The lowest BCUT2D eigenvalue weighted by molar-refractivity contribution is -0.134. The first kappa shape index (κ1) is 21.3. The second-order valence-corrected chi connectivity index (χ2v) is 9.59. The van der Waals surface area contributed by atoms with Gasteiger partial charge in [-0.05, 0) is 48.8 Å². The maximum absolute atomic E-state index is 14.3. The van der Waals surface area contributed by atoms with E-state index in [1.54, 1.807) is 12.3 Å². The summed E-state index contributed by atoms with van der Waals surface area (Å²) < 4.78 is 20.1. The Labute approximate surface area is 181 Å². The van der Waals surface area contributed by atoms with E-state index in [0.717, 1.165) is 42.6 Å². The summed E-state index contributed by atoms with van der Waals surface area (Å²) in [5.74, 6) is 0.582. The van der Waals surface area contributed by atoms with Crippen LogP contribution in [0.5, 0.6) is 0 Å². The number of carbonyl (C=O) groups excluding carboxylic acids is 1. The van der Waals surface area contributed by atoms with Crippen LogP contribution in [0.25, 0.3) is 11.1 Å². The molecule has 0 spiro atoms. The van der Waals surface area contributed by atoms with Crippen LogP contribution in [0.15, 0.2) is 35.2 Å². The maximum Gasteiger partial charge on any atom is 0.223 e. The average Bonchev–Trinajstić information content (AvgIpc) is 3.14. The smallest absolute Gasteiger partial charge is 0.223 e. The first-order valence-corrected chi connectivity index (χ1v) is 10.7. The molecule has 1 aliphatic rings. The van der Waals surface area contributed by atoms with E-state index < -0.39 is 0 Å². The first-order valence-electron chi connectivity index (χ1n) is 10.7. The van der Waals surface area contributed by atoms with Crippen LogP contribution in [0.2, 0.25) is 0 Å². The molecule has 0 unspecified atom stereocenters. The monoisotopic (exact) mass is 424 g/mol. The molecule has 31 heavy (non-hydrogen) atoms. The summed E-state index contributed by atoms with van der Waals surface area (Å²) in [6.07, 6.45) is 5.49. The molecule has 2 aromatic heterocycles. The number of nitrogens with zero attached hydrogens (tertiary/aromatic N) is 3. The van der Waals surface area contributed by atoms with Crippen molar-refractivity contribution in [2.45, 2.75) is 52.9 Å². The number of amides is 1. The SMILES string of the molecule is Cc1ccc(Nc2ncnc3c(C4CCN(C(=O)CC(C)(C)C)CC4)coc23)c(F)c1. The molecule has 0 atom stereocenters. The van der Waals surface area contributed by atoms with E-state index in [2.05, 4.69) is 36.1 Å². The Morgan fingerprint density at radius 3 is 2.68 bits per heavy atom. The third-order valence-electron chi connectivity index (χ3n) is 5.73. The predicted octanol–water partition coefficient (Wildman–Crippen LogP) is 5.56. The summed E-state index contributed by atoms with van der Waals surface area (Å²) in [5, 5.41) is 3.03. The molecular formula is C24H29FN4O2. The number of nitrogens with one attached hydrogen (secondary N) is 1. The highest BCUT2D eigenvalue weighted by Gasteiger charge is 2.29. The van der Waals surface area contributed by atoms with Gasteiger partial charge in [-0.15, -0.1) is 0 Å². The molecule has 7 heteroatoms. The van der Waals surface area contributed by atoms with Crippen LogP contribution >= 0.6 is 0 Å². The molecule has 1 aromatic carbocycles. The molecule has 0 radical (unpaired) electrons. The number of furan rings is 1. The van der Waals surface area contributed by atoms with Gasteiger partial charge in [-0.25, -0.2) is 14.4 Å². The number of aryl methyl sites for hydroxylation is 1. The van der Waals surface area contributed by atoms with Gasteiger partial charge in [0.1, 0.15) is 17.7 Å². The number of anilines is 2. The summed E-state index contributed by atoms with van der Waals surface area (Å²) in [5.41, 5.74) is 3.46. The second-order valence-electron chi connectivity index (χ2n) is 9.59. The predicted molar refractivity (Wildman–Crippen MR) is 119 cm³/mol. The Morgan fingerprint density at radius 2 is 2.00 bits per heavy atom. The molecule has 4 rings (SSSR count). The highest BCUT2D eigenvalue weighted by atomic mass is 19.1. The van der Waals surface area contributed by atoms with Crippen LogP contribution in [0.4, 0.5) is 15.9 Å². The molecule has 164 valence electrons. The molecule has 1 fully saturated rings. The minimum Gasteiger partial charge on any atom is -0.458 e. The molecule has 1 aliphatic heterocycles. The number of hydrogen-bond donors (Lipinski definition) is 1. The van der Waals surface area contributed by atoms with E-state index in [-0.39, 0.29) is 23.1 Å². The van der Waals surface area contributed by atoms with E-state index in [1.807, 2.05) is 17.9 Å². The van der Waals surface area contributed by atoms with Crippen LogP contribution in [-0.2, 0) is 4.79 Å². The van der Waals surface area contributed by atoms with E-state index in [0.29, 0.717) is 23.5 Å². The van der Waals surface area contributed by atoms with Crippen LogP contribution in [0.1, 0.15) is 57.1 Å². The van der Waals surface area contributed by atoms with E-state index in [9.17, 15) is 9.18 Å². The summed E-state index contributed by atoms with van der Waals surface area (Å²) in [4.78, 5) is 23.2. The Morgan fingerprint density at radius 1 is 1.26 bits per heavy atom. The molecule has 0 bridgehead atoms. The first-order chi connectivity index (χ1) is 14.7. The van der Waals surface area contributed by atoms with Crippen LogP contribution in [-0.4, -0.2) is 33.9 Å². The number of halogens is 1. The van der Waals surface area contributed by atoms with Crippen LogP contribution in [0.3, 0.4) is 0 Å². The van der Waals surface area contributed by atoms with Crippen LogP contribution < -0.4 is 5.32 Å². The van der Waals surface area contributed by atoms with Gasteiger partial charge in [-0.3, -0.25) is 4.79 Å². The third-order valence-corrected chi connectivity index (χ3v) is 5.73. The number of benzene rings is 1. The molecule has 3 aromatic rings. The zero-order valence-electron chi connectivity index (χ0n) is 18.5. The number of aromatic nitrogens is 2. The topological polar surface area (TPSA) is 71.3 Å². The van der Waals surface area contributed by atoms with Gasteiger partial charge in [-0.2, -0.15) is 0 Å². The number of carbonyl (C=O) groups is 1. The van der Waals surface area contributed by atoms with Crippen molar-refractivity contribution in [1.82, 2.24) is 14.9 Å². The number of hydrogen-bond acceptors (Lipinski definition) is 5. The van der Waals surface area contributed by atoms with Gasteiger partial charge in [-0.1, -0.05) is 26.8 Å². The minimum atomic E-state index is -0.342. The highest BCUT2D eigenvalue weighted by Crippen LogP contribution is 2.36. The lowest BCUT2D eigenvalue weighted by Gasteiger charge is -2.33. The number of rotatable bonds is 4. The quantitative estimate of drug-likeness (QED) is 0.594. The van der Waals surface area contributed by atoms with Gasteiger partial charge in [0.15, 0.2) is 11.4 Å². The summed E-state index contributed by atoms with van der Waals surface area (Å²) in [6, 6.07) is 5.00. The van der Waals surface area contributed by atoms with Gasteiger partial charge >= 0.3 is 0 Å². The molecular weight excluding hydrogens is 395 g/mol. The summed E-state index contributed by atoms with van der Waals surface area (Å²) >= 11 is 0. The van der Waals surface area contributed by atoms with Gasteiger partial charge in [0.05, 0.1) is 12.0 Å². The molecule has 0 saturated carbocycles. The zero-order valence-corrected chi connectivity index (χ0v) is 18.5. The standard InChI is InChI=1S/C24H29FN4O2/c1-15-5-6-19(18(25)11-15)28-23-22-21(26-14-27-23)17(13-31-22)16-7-9-29(10-8-16)20(30)12-24(2,3)4/h5-6,11,13-14,16H,7-10,12H2,1-4H3,(H,26,27,28). The summed E-state index contributed by atoms with van der Waals surface area (Å²) in [7, 11) is 0. The molecule has 1 amide bonds. The number of piperidine rings is 1. The summed E-state index contributed by atoms with van der Waals surface area (Å²) in [6.45, 7) is 9.57. The van der Waals surface area contributed by atoms with Crippen LogP contribution in [0, 0.1) is 18.2 Å². The van der Waals surface area contributed by atoms with Gasteiger partial charge in [0.2, 0.25) is 5.91 Å². The highest BCUT2D eigenvalue weighted by molar-refractivity contribution is 5.88. The van der Waals surface area contributed by atoms with Crippen molar-refractivity contribution in [2.24, 2.45) is 5.41 Å². The second kappa shape index (κ2) is 8.29. The lowest BCUT2D eigenvalue weighted by Crippen LogP contribution is -2.39. The van der Waals surface area contributed by atoms with Crippen molar-refractivity contribution >= 4 is 28.5 Å². The largest absolute Gasteiger partial charge is 0.458 e. The van der Waals surface area contributed by atoms with Gasteiger partial charge < -0.3 is 14.6 Å². The minimum absolute atomic E-state index is 0.00800. The molecule has 6 nitrogen and oxygen atoms in total. The van der Waals surface area contributed by atoms with Crippen molar-refractivity contribution in [3.63, 3.8) is 0 Å². The fourth-order valence-electron chi connectivity index (χ4n) is 4.10. The van der Waals surface area contributed by atoms with Crippen molar-refractivity contribution in [3.8, 4) is 0 Å². The fourth-order valence-corrected chi connectivity index (χ4v) is 4.10. The zero-order chi connectivity index (χ0) is 22.2. The molecule has 3 heterocycles. The van der Waals surface area contributed by atoms with Crippen molar-refractivity contribution in [3.05, 3.63) is 47.7 Å². The van der Waals surface area contributed by atoms with E-state index in [1.165, 1.54) is 12.4 Å². The Bertz CT molecular complexity index is 1090. The number of likely N-dealkylation sites (tertiary alicyclic amines) is 1. The maximum atomic E-state index is 14.3.